The van der Waals surface area contributed by atoms with Crippen molar-refractivity contribution in [2.75, 3.05) is 31.4 Å². The van der Waals surface area contributed by atoms with Gasteiger partial charge in [-0.3, -0.25) is 0 Å². The molecule has 0 radical (unpaired) electrons. The van der Waals surface area contributed by atoms with E-state index in [1.165, 1.54) is 18.1 Å². The number of methoxy groups -OCH3 is 1. The Morgan fingerprint density at radius 1 is 1.21 bits per heavy atom. The maximum absolute atomic E-state index is 13.7. The Morgan fingerprint density at radius 2 is 1.95 bits per heavy atom. The van der Waals surface area contributed by atoms with Crippen molar-refractivity contribution in [1.82, 2.24) is 15.0 Å². The average Bonchev–Trinajstić information content (AvgIpc) is 2.46. The molecule has 7 heteroatoms. The van der Waals surface area contributed by atoms with Crippen LogP contribution in [0.3, 0.4) is 0 Å². The van der Waals surface area contributed by atoms with Crippen molar-refractivity contribution in [3.8, 4) is 6.01 Å². The van der Waals surface area contributed by atoms with Crippen molar-refractivity contribution in [2.45, 2.75) is 0 Å². The molecule has 0 amide bonds. The van der Waals surface area contributed by atoms with Crippen molar-refractivity contribution < 1.29 is 9.13 Å². The van der Waals surface area contributed by atoms with E-state index in [9.17, 15) is 4.39 Å². The Labute approximate surface area is 110 Å². The molecule has 0 atom stereocenters. The first-order chi connectivity index (χ1) is 9.15. The summed E-state index contributed by atoms with van der Waals surface area (Å²) in [7, 11) is 4.82. The summed E-state index contributed by atoms with van der Waals surface area (Å²) in [4.78, 5) is 13.8. The van der Waals surface area contributed by atoms with Crippen LogP contribution in [0.1, 0.15) is 0 Å². The Morgan fingerprint density at radius 3 is 2.58 bits per heavy atom. The summed E-state index contributed by atoms with van der Waals surface area (Å²) in [5, 5.41) is 2.80. The van der Waals surface area contributed by atoms with Gasteiger partial charge in [-0.25, -0.2) is 4.39 Å². The number of hydrogen-bond donors (Lipinski definition) is 1. The topological polar surface area (TPSA) is 63.2 Å². The van der Waals surface area contributed by atoms with E-state index in [0.717, 1.165) is 0 Å². The van der Waals surface area contributed by atoms with Gasteiger partial charge in [-0.2, -0.15) is 15.0 Å². The Balaban J connectivity index is 2.43. The maximum Gasteiger partial charge on any atom is 0.322 e. The maximum atomic E-state index is 13.7. The lowest BCUT2D eigenvalue weighted by atomic mass is 10.3. The molecule has 2 rings (SSSR count). The molecule has 0 aliphatic rings. The number of para-hydroxylation sites is 1. The first-order valence-corrected chi connectivity index (χ1v) is 5.61. The quantitative estimate of drug-likeness (QED) is 0.908. The zero-order valence-corrected chi connectivity index (χ0v) is 10.9. The van der Waals surface area contributed by atoms with E-state index >= 15 is 0 Å². The van der Waals surface area contributed by atoms with Gasteiger partial charge in [0.05, 0.1) is 12.8 Å². The summed E-state index contributed by atoms with van der Waals surface area (Å²) in [6, 6.07) is 6.55. The van der Waals surface area contributed by atoms with E-state index in [0.29, 0.717) is 17.6 Å². The molecule has 0 saturated heterocycles. The van der Waals surface area contributed by atoms with Crippen molar-refractivity contribution in [1.29, 1.82) is 0 Å². The number of aromatic nitrogens is 3. The second-order valence-corrected chi connectivity index (χ2v) is 3.71. The molecule has 0 unspecified atom stereocenters. The minimum absolute atomic E-state index is 0.164. The van der Waals surface area contributed by atoms with Crippen LogP contribution in [0.5, 0.6) is 6.01 Å². The molecule has 100 valence electrons. The Kier molecular flexibility index (Phi) is 3.74. The lowest BCUT2D eigenvalue weighted by Gasteiger charge is -2.18. The van der Waals surface area contributed by atoms with Crippen molar-refractivity contribution in [2.24, 2.45) is 0 Å². The van der Waals surface area contributed by atoms with Crippen LogP contribution >= 0.6 is 0 Å². The van der Waals surface area contributed by atoms with E-state index in [1.54, 1.807) is 32.3 Å². The lowest BCUT2D eigenvalue weighted by Crippen LogP contribution is -2.16. The van der Waals surface area contributed by atoms with Crippen molar-refractivity contribution >= 4 is 17.6 Å². The van der Waals surface area contributed by atoms with Crippen LogP contribution in [0.15, 0.2) is 24.3 Å². The number of hydrogen-bond acceptors (Lipinski definition) is 6. The lowest BCUT2D eigenvalue weighted by molar-refractivity contribution is 0.379. The zero-order valence-electron chi connectivity index (χ0n) is 10.9. The summed E-state index contributed by atoms with van der Waals surface area (Å²) in [5.74, 6) is 0.293. The Bertz CT molecular complexity index is 556. The summed E-state index contributed by atoms with van der Waals surface area (Å²) in [6.07, 6.45) is 0. The first kappa shape index (κ1) is 13.0. The number of anilines is 3. The highest BCUT2D eigenvalue weighted by Crippen LogP contribution is 2.24. The summed E-state index contributed by atoms with van der Waals surface area (Å²) < 4.78 is 18.7. The van der Waals surface area contributed by atoms with Crippen LogP contribution < -0.4 is 15.0 Å². The fourth-order valence-electron chi connectivity index (χ4n) is 1.53. The van der Waals surface area contributed by atoms with E-state index in [4.69, 9.17) is 4.74 Å². The van der Waals surface area contributed by atoms with Gasteiger partial charge in [-0.1, -0.05) is 12.1 Å². The molecular formula is C12H14FN5O. The van der Waals surface area contributed by atoms with E-state index in [1.807, 2.05) is 0 Å². The van der Waals surface area contributed by atoms with Gasteiger partial charge in [-0.15, -0.1) is 0 Å². The summed E-state index contributed by atoms with van der Waals surface area (Å²) in [5.41, 5.74) is 0.373. The minimum Gasteiger partial charge on any atom is -0.467 e. The molecule has 1 aromatic carbocycles. The van der Waals surface area contributed by atoms with Gasteiger partial charge in [0, 0.05) is 14.1 Å². The van der Waals surface area contributed by atoms with Gasteiger partial charge in [0.1, 0.15) is 5.82 Å². The normalized spacial score (nSPS) is 10.1. The first-order valence-electron chi connectivity index (χ1n) is 5.61. The number of benzene rings is 1. The second-order valence-electron chi connectivity index (χ2n) is 3.71. The van der Waals surface area contributed by atoms with E-state index in [2.05, 4.69) is 20.3 Å². The number of halogens is 1. The second kappa shape index (κ2) is 5.47. The average molecular weight is 263 g/mol. The van der Waals surface area contributed by atoms with Crippen LogP contribution in [-0.4, -0.2) is 36.2 Å². The van der Waals surface area contributed by atoms with Crippen LogP contribution in [0.25, 0.3) is 0 Å². The fourth-order valence-corrected chi connectivity index (χ4v) is 1.53. The van der Waals surface area contributed by atoms with Crippen LogP contribution in [0, 0.1) is 5.82 Å². The smallest absolute Gasteiger partial charge is 0.322 e. The van der Waals surface area contributed by atoms with Crippen LogP contribution in [0.4, 0.5) is 22.0 Å². The number of nitrogens with one attached hydrogen (secondary N) is 1. The van der Waals surface area contributed by atoms with Gasteiger partial charge in [0.15, 0.2) is 0 Å². The highest BCUT2D eigenvalue weighted by atomic mass is 19.1. The third-order valence-electron chi connectivity index (χ3n) is 2.52. The van der Waals surface area contributed by atoms with Gasteiger partial charge < -0.3 is 15.0 Å². The molecule has 0 aliphatic heterocycles. The largest absolute Gasteiger partial charge is 0.467 e. The molecule has 0 saturated carbocycles. The molecular weight excluding hydrogens is 249 g/mol. The SMILES string of the molecule is CNc1nc(OC)nc(N(C)c2ccccc2F)n1. The van der Waals surface area contributed by atoms with Gasteiger partial charge in [-0.05, 0) is 12.1 Å². The molecule has 1 heterocycles. The van der Waals surface area contributed by atoms with Gasteiger partial charge in [0.25, 0.3) is 0 Å². The molecule has 6 nitrogen and oxygen atoms in total. The van der Waals surface area contributed by atoms with E-state index < -0.39 is 0 Å². The molecule has 0 bridgehead atoms. The van der Waals surface area contributed by atoms with Crippen LogP contribution in [-0.2, 0) is 0 Å². The fraction of sp³-hybridized carbons (Fsp3) is 0.250. The van der Waals surface area contributed by atoms with E-state index in [-0.39, 0.29) is 11.8 Å². The predicted octanol–water partition coefficient (Wildman–Crippen LogP) is 1.83. The predicted molar refractivity (Wildman–Crippen MR) is 70.4 cm³/mol. The minimum atomic E-state index is -0.351. The third kappa shape index (κ3) is 2.70. The summed E-state index contributed by atoms with van der Waals surface area (Å²) >= 11 is 0. The highest BCUT2D eigenvalue weighted by molar-refractivity contribution is 5.57. The number of rotatable bonds is 4. The Hall–Kier alpha value is -2.44. The molecule has 0 fully saturated rings. The molecule has 1 aromatic heterocycles. The monoisotopic (exact) mass is 263 g/mol. The third-order valence-corrected chi connectivity index (χ3v) is 2.52. The van der Waals surface area contributed by atoms with Gasteiger partial charge in [0.2, 0.25) is 11.9 Å². The van der Waals surface area contributed by atoms with Crippen molar-refractivity contribution in [3.05, 3.63) is 30.1 Å². The standard InChI is InChI=1S/C12H14FN5O/c1-14-10-15-11(17-12(16-10)19-3)18(2)9-7-5-4-6-8(9)13/h4-7H,1-3H3,(H,14,15,16,17). The zero-order chi connectivity index (χ0) is 13.8. The highest BCUT2D eigenvalue weighted by Gasteiger charge is 2.14. The molecule has 0 aliphatic carbocycles. The summed E-state index contributed by atoms with van der Waals surface area (Å²) in [6.45, 7) is 0. The number of nitrogens with zero attached hydrogens (tertiary/aromatic N) is 4. The van der Waals surface area contributed by atoms with Gasteiger partial charge >= 0.3 is 6.01 Å². The molecule has 1 N–H and O–H groups in total. The van der Waals surface area contributed by atoms with Crippen LogP contribution in [0.2, 0.25) is 0 Å². The molecule has 0 spiro atoms. The number of ether oxygens (including phenoxy) is 1. The molecule has 2 aromatic rings. The molecule has 19 heavy (non-hydrogen) atoms. The van der Waals surface area contributed by atoms with Crippen molar-refractivity contribution in [3.63, 3.8) is 0 Å².